The monoisotopic (exact) mass is 521 g/mol. The van der Waals surface area contributed by atoms with Gasteiger partial charge < -0.3 is 9.64 Å². The van der Waals surface area contributed by atoms with Crippen LogP contribution in [0.25, 0.3) is 0 Å². The van der Waals surface area contributed by atoms with Gasteiger partial charge in [-0.05, 0) is 48.9 Å². The molecule has 0 spiro atoms. The standard InChI is InChI=1S/C28H31N3O5S/c1-22(27(32)31-19-17-30(18-20-31)21-23-9-5-3-6-10-23)36-28(33)24-13-15-26(16-14-24)37(34,35)29(2)25-11-7-4-8-12-25/h3-16,22H,17-21H2,1-2H3. The summed E-state index contributed by atoms with van der Waals surface area (Å²) < 4.78 is 32.5. The number of benzene rings is 3. The maximum Gasteiger partial charge on any atom is 0.338 e. The van der Waals surface area contributed by atoms with Gasteiger partial charge in [0.25, 0.3) is 15.9 Å². The third-order valence-corrected chi connectivity index (χ3v) is 8.23. The predicted octanol–water partition coefficient (Wildman–Crippen LogP) is 3.40. The van der Waals surface area contributed by atoms with Crippen LogP contribution >= 0.6 is 0 Å². The Morgan fingerprint density at radius 3 is 2.03 bits per heavy atom. The topological polar surface area (TPSA) is 87.2 Å². The summed E-state index contributed by atoms with van der Waals surface area (Å²) in [6.07, 6.45) is -0.944. The van der Waals surface area contributed by atoms with E-state index >= 15 is 0 Å². The van der Waals surface area contributed by atoms with Gasteiger partial charge in [0.15, 0.2) is 6.10 Å². The highest BCUT2D eigenvalue weighted by molar-refractivity contribution is 7.92. The van der Waals surface area contributed by atoms with Crippen LogP contribution in [0.3, 0.4) is 0 Å². The van der Waals surface area contributed by atoms with Gasteiger partial charge in [-0.1, -0.05) is 48.5 Å². The minimum Gasteiger partial charge on any atom is -0.449 e. The highest BCUT2D eigenvalue weighted by Gasteiger charge is 2.28. The number of anilines is 1. The molecule has 0 saturated carbocycles. The van der Waals surface area contributed by atoms with Gasteiger partial charge in [0.05, 0.1) is 16.1 Å². The molecule has 0 aliphatic carbocycles. The SMILES string of the molecule is CC(OC(=O)c1ccc(S(=O)(=O)N(C)c2ccccc2)cc1)C(=O)N1CCN(Cc2ccccc2)CC1. The predicted molar refractivity (Wildman–Crippen MR) is 142 cm³/mol. The minimum atomic E-state index is -3.79. The highest BCUT2D eigenvalue weighted by Crippen LogP contribution is 2.22. The third kappa shape index (κ3) is 6.36. The number of rotatable bonds is 8. The van der Waals surface area contributed by atoms with Gasteiger partial charge in [-0.2, -0.15) is 0 Å². The fourth-order valence-electron chi connectivity index (χ4n) is 4.20. The van der Waals surface area contributed by atoms with E-state index < -0.39 is 22.1 Å². The Bertz CT molecular complexity index is 1310. The summed E-state index contributed by atoms with van der Waals surface area (Å²) in [4.78, 5) is 29.6. The lowest BCUT2D eigenvalue weighted by atomic mass is 10.2. The van der Waals surface area contributed by atoms with E-state index in [1.807, 2.05) is 24.3 Å². The van der Waals surface area contributed by atoms with Crippen LogP contribution < -0.4 is 4.31 Å². The number of piperazine rings is 1. The van der Waals surface area contributed by atoms with E-state index in [0.717, 1.165) is 19.6 Å². The molecule has 1 heterocycles. The Hall–Kier alpha value is -3.69. The zero-order valence-electron chi connectivity index (χ0n) is 21.0. The third-order valence-electron chi connectivity index (χ3n) is 6.43. The van der Waals surface area contributed by atoms with Crippen molar-refractivity contribution in [1.82, 2.24) is 9.80 Å². The summed E-state index contributed by atoms with van der Waals surface area (Å²) >= 11 is 0. The van der Waals surface area contributed by atoms with Crippen molar-refractivity contribution in [2.45, 2.75) is 24.5 Å². The fourth-order valence-corrected chi connectivity index (χ4v) is 5.40. The molecule has 1 aliphatic rings. The Balaban J connectivity index is 1.31. The Morgan fingerprint density at radius 2 is 1.43 bits per heavy atom. The van der Waals surface area contributed by atoms with Gasteiger partial charge in [-0.3, -0.25) is 14.0 Å². The van der Waals surface area contributed by atoms with E-state index in [2.05, 4.69) is 17.0 Å². The van der Waals surface area contributed by atoms with Crippen LogP contribution in [0.1, 0.15) is 22.8 Å². The summed E-state index contributed by atoms with van der Waals surface area (Å²) in [6.45, 7) is 5.01. The number of hydrogen-bond donors (Lipinski definition) is 0. The number of carbonyl (C=O) groups is 2. The van der Waals surface area contributed by atoms with E-state index in [-0.39, 0.29) is 16.4 Å². The average molecular weight is 522 g/mol. The van der Waals surface area contributed by atoms with Gasteiger partial charge in [-0.15, -0.1) is 0 Å². The summed E-state index contributed by atoms with van der Waals surface area (Å²) in [6, 6.07) is 24.4. The van der Waals surface area contributed by atoms with E-state index in [9.17, 15) is 18.0 Å². The van der Waals surface area contributed by atoms with Crippen molar-refractivity contribution in [1.29, 1.82) is 0 Å². The molecule has 194 valence electrons. The second-order valence-electron chi connectivity index (χ2n) is 8.97. The van der Waals surface area contributed by atoms with E-state index in [4.69, 9.17) is 4.74 Å². The number of carbonyl (C=O) groups excluding carboxylic acids is 2. The normalized spacial score (nSPS) is 15.1. The Morgan fingerprint density at radius 1 is 0.865 bits per heavy atom. The van der Waals surface area contributed by atoms with Gasteiger partial charge >= 0.3 is 5.97 Å². The second-order valence-corrected chi connectivity index (χ2v) is 10.9. The number of nitrogens with zero attached hydrogens (tertiary/aromatic N) is 3. The highest BCUT2D eigenvalue weighted by atomic mass is 32.2. The van der Waals surface area contributed by atoms with Crippen molar-refractivity contribution < 1.29 is 22.7 Å². The molecule has 1 atom stereocenters. The Kier molecular flexibility index (Phi) is 8.25. The molecule has 1 saturated heterocycles. The van der Waals surface area contributed by atoms with Crippen molar-refractivity contribution in [3.63, 3.8) is 0 Å². The summed E-state index contributed by atoms with van der Waals surface area (Å²) in [5.41, 5.74) is 1.93. The molecular weight excluding hydrogens is 490 g/mol. The molecular formula is C28H31N3O5S. The molecule has 37 heavy (non-hydrogen) atoms. The zero-order valence-corrected chi connectivity index (χ0v) is 21.8. The van der Waals surface area contributed by atoms with Gasteiger partial charge in [0, 0.05) is 39.8 Å². The minimum absolute atomic E-state index is 0.0490. The number of para-hydroxylation sites is 1. The van der Waals surface area contributed by atoms with Crippen molar-refractivity contribution in [2.75, 3.05) is 37.5 Å². The number of hydrogen-bond acceptors (Lipinski definition) is 6. The molecule has 1 aliphatic heterocycles. The molecule has 9 heteroatoms. The molecule has 8 nitrogen and oxygen atoms in total. The largest absolute Gasteiger partial charge is 0.449 e. The first-order valence-electron chi connectivity index (χ1n) is 12.2. The number of amides is 1. The second kappa shape index (κ2) is 11.6. The quantitative estimate of drug-likeness (QED) is 0.423. The van der Waals surface area contributed by atoms with Crippen LogP contribution in [0.2, 0.25) is 0 Å². The maximum absolute atomic E-state index is 12.9. The first-order valence-corrected chi connectivity index (χ1v) is 13.6. The number of sulfonamides is 1. The van der Waals surface area contributed by atoms with Crippen molar-refractivity contribution in [3.8, 4) is 0 Å². The van der Waals surface area contributed by atoms with Crippen LogP contribution in [0.5, 0.6) is 0 Å². The fraction of sp³-hybridized carbons (Fsp3) is 0.286. The average Bonchev–Trinajstić information content (AvgIpc) is 2.93. The lowest BCUT2D eigenvalue weighted by Gasteiger charge is -2.35. The molecule has 0 aromatic heterocycles. The van der Waals surface area contributed by atoms with Crippen LogP contribution in [-0.4, -0.2) is 69.4 Å². The van der Waals surface area contributed by atoms with Crippen molar-refractivity contribution in [2.24, 2.45) is 0 Å². The molecule has 0 bridgehead atoms. The first-order chi connectivity index (χ1) is 17.8. The van der Waals surface area contributed by atoms with E-state index in [0.29, 0.717) is 18.8 Å². The van der Waals surface area contributed by atoms with Gasteiger partial charge in [0.1, 0.15) is 0 Å². The molecule has 4 rings (SSSR count). The van der Waals surface area contributed by atoms with Crippen molar-refractivity contribution in [3.05, 3.63) is 96.1 Å². The molecule has 1 fully saturated rings. The van der Waals surface area contributed by atoms with Crippen molar-refractivity contribution >= 4 is 27.6 Å². The number of ether oxygens (including phenoxy) is 1. The van der Waals surface area contributed by atoms with Crippen LogP contribution in [0.4, 0.5) is 5.69 Å². The smallest absolute Gasteiger partial charge is 0.338 e. The van der Waals surface area contributed by atoms with Gasteiger partial charge in [-0.25, -0.2) is 13.2 Å². The number of esters is 1. The van der Waals surface area contributed by atoms with Crippen LogP contribution in [0, 0.1) is 0 Å². The Labute approximate surface area is 218 Å². The molecule has 3 aromatic carbocycles. The summed E-state index contributed by atoms with van der Waals surface area (Å²) in [5.74, 6) is -0.916. The van der Waals surface area contributed by atoms with E-state index in [1.54, 1.807) is 36.1 Å². The molecule has 1 unspecified atom stereocenters. The zero-order chi connectivity index (χ0) is 26.4. The molecule has 0 radical (unpaired) electrons. The van der Waals surface area contributed by atoms with Crippen LogP contribution in [0.15, 0.2) is 89.8 Å². The molecule has 0 N–H and O–H groups in total. The summed E-state index contributed by atoms with van der Waals surface area (Å²) in [5, 5.41) is 0. The van der Waals surface area contributed by atoms with Crippen LogP contribution in [-0.2, 0) is 26.1 Å². The van der Waals surface area contributed by atoms with E-state index in [1.165, 1.54) is 41.2 Å². The molecule has 1 amide bonds. The molecule has 3 aromatic rings. The lowest BCUT2D eigenvalue weighted by Crippen LogP contribution is -2.51. The van der Waals surface area contributed by atoms with Gasteiger partial charge in [0.2, 0.25) is 0 Å². The summed E-state index contributed by atoms with van der Waals surface area (Å²) in [7, 11) is -2.32. The lowest BCUT2D eigenvalue weighted by molar-refractivity contribution is -0.141. The first kappa shape index (κ1) is 26.4. The maximum atomic E-state index is 12.9.